The average molecular weight is 443 g/mol. The zero-order valence-corrected chi connectivity index (χ0v) is 18.5. The molecule has 164 valence electrons. The number of carbonyl (C=O) groups is 1. The molecule has 0 radical (unpaired) electrons. The van der Waals surface area contributed by atoms with Gasteiger partial charge in [-0.25, -0.2) is 14.6 Å². The monoisotopic (exact) mass is 442 g/mol. The largest absolute Gasteiger partial charge is 0.490 e. The number of halogens is 1. The predicted molar refractivity (Wildman–Crippen MR) is 120 cm³/mol. The van der Waals surface area contributed by atoms with Gasteiger partial charge in [0.15, 0.2) is 23.1 Å². The lowest BCUT2D eigenvalue weighted by Gasteiger charge is -2.37. The molecule has 2 N–H and O–H groups in total. The van der Waals surface area contributed by atoms with Gasteiger partial charge in [-0.3, -0.25) is 4.79 Å². The Morgan fingerprint density at radius 2 is 1.97 bits per heavy atom. The fourth-order valence-corrected chi connectivity index (χ4v) is 3.79. The first kappa shape index (κ1) is 22.7. The Morgan fingerprint density at radius 3 is 2.68 bits per heavy atom. The Morgan fingerprint density at radius 1 is 1.19 bits per heavy atom. The topological polar surface area (TPSA) is 99.2 Å². The second-order valence-corrected chi connectivity index (χ2v) is 7.56. The summed E-state index contributed by atoms with van der Waals surface area (Å²) < 4.78 is 7.57. The zero-order valence-electron chi connectivity index (χ0n) is 17.6. The second kappa shape index (κ2) is 9.89. The van der Waals surface area contributed by atoms with Crippen LogP contribution in [0.15, 0.2) is 48.7 Å². The van der Waals surface area contributed by atoms with E-state index in [0.717, 1.165) is 11.4 Å². The molecular formula is C22H27ClN6O2. The molecule has 0 spiro atoms. The van der Waals surface area contributed by atoms with Gasteiger partial charge in [0, 0.05) is 24.8 Å². The molecule has 1 aliphatic rings. The highest BCUT2D eigenvalue weighted by molar-refractivity contribution is 5.95. The number of fused-ring (bicyclic) bond motifs is 1. The summed E-state index contributed by atoms with van der Waals surface area (Å²) in [5.74, 6) is 1.90. The van der Waals surface area contributed by atoms with Crippen LogP contribution in [-0.4, -0.2) is 50.3 Å². The van der Waals surface area contributed by atoms with E-state index in [-0.39, 0.29) is 30.3 Å². The van der Waals surface area contributed by atoms with Crippen molar-refractivity contribution in [3.8, 4) is 17.1 Å². The minimum absolute atomic E-state index is 0. The first-order chi connectivity index (χ1) is 14.6. The Balaban J connectivity index is 0.00000272. The smallest absolute Gasteiger partial charge is 0.277 e. The highest BCUT2D eigenvalue weighted by Crippen LogP contribution is 2.34. The van der Waals surface area contributed by atoms with E-state index < -0.39 is 0 Å². The number of pyridine rings is 1. The molecule has 3 aromatic rings. The summed E-state index contributed by atoms with van der Waals surface area (Å²) in [6.07, 6.45) is 1.60. The minimum atomic E-state index is -0.208. The minimum Gasteiger partial charge on any atom is -0.490 e. The Hall–Kier alpha value is -2.97. The average Bonchev–Trinajstić information content (AvgIpc) is 3.21. The van der Waals surface area contributed by atoms with Gasteiger partial charge in [-0.05, 0) is 18.1 Å². The molecule has 1 aromatic carbocycles. The summed E-state index contributed by atoms with van der Waals surface area (Å²) >= 11 is 0. The maximum absolute atomic E-state index is 13.5. The van der Waals surface area contributed by atoms with Crippen molar-refractivity contribution in [3.63, 3.8) is 0 Å². The van der Waals surface area contributed by atoms with Gasteiger partial charge >= 0.3 is 0 Å². The number of hydrogen-bond acceptors (Lipinski definition) is 6. The van der Waals surface area contributed by atoms with E-state index in [2.05, 4.69) is 18.8 Å². The van der Waals surface area contributed by atoms with E-state index >= 15 is 0 Å². The molecule has 3 heterocycles. The van der Waals surface area contributed by atoms with Gasteiger partial charge in [-0.2, -0.15) is 5.10 Å². The second-order valence-electron chi connectivity index (χ2n) is 7.56. The molecule has 0 aliphatic carbocycles. The number of benzene rings is 1. The van der Waals surface area contributed by atoms with E-state index in [1.54, 1.807) is 18.3 Å². The van der Waals surface area contributed by atoms with Gasteiger partial charge < -0.3 is 15.4 Å². The van der Waals surface area contributed by atoms with Gasteiger partial charge in [0.1, 0.15) is 6.61 Å². The third-order valence-electron chi connectivity index (χ3n) is 5.13. The molecule has 9 heteroatoms. The van der Waals surface area contributed by atoms with Crippen molar-refractivity contribution in [2.75, 3.05) is 19.7 Å². The van der Waals surface area contributed by atoms with Crippen LogP contribution in [0.25, 0.3) is 11.4 Å². The number of hydrogen-bond donors (Lipinski definition) is 1. The number of aromatic nitrogens is 4. The highest BCUT2D eigenvalue weighted by Gasteiger charge is 2.37. The van der Waals surface area contributed by atoms with Crippen molar-refractivity contribution in [1.82, 2.24) is 24.6 Å². The van der Waals surface area contributed by atoms with Crippen molar-refractivity contribution in [3.05, 3.63) is 60.2 Å². The fraction of sp³-hybridized carbons (Fsp3) is 0.364. The molecular weight excluding hydrogens is 416 g/mol. The molecule has 0 fully saturated rings. The van der Waals surface area contributed by atoms with Crippen LogP contribution in [0.5, 0.6) is 5.75 Å². The van der Waals surface area contributed by atoms with Crippen molar-refractivity contribution < 1.29 is 9.53 Å². The normalized spacial score (nSPS) is 15.4. The Kier molecular flexibility index (Phi) is 7.25. The zero-order chi connectivity index (χ0) is 21.1. The summed E-state index contributed by atoms with van der Waals surface area (Å²) in [7, 11) is 0. The van der Waals surface area contributed by atoms with Crippen molar-refractivity contribution in [1.29, 1.82) is 0 Å². The number of amides is 1. The van der Waals surface area contributed by atoms with Gasteiger partial charge in [0.05, 0.1) is 12.6 Å². The lowest BCUT2D eigenvalue weighted by molar-refractivity contribution is 0.0526. The van der Waals surface area contributed by atoms with Gasteiger partial charge in [-0.15, -0.1) is 12.4 Å². The van der Waals surface area contributed by atoms with Crippen LogP contribution in [0.3, 0.4) is 0 Å². The summed E-state index contributed by atoms with van der Waals surface area (Å²) in [6.45, 7) is 5.97. The van der Waals surface area contributed by atoms with Gasteiger partial charge in [0.2, 0.25) is 0 Å². The summed E-state index contributed by atoms with van der Waals surface area (Å²) in [4.78, 5) is 24.4. The molecule has 8 nitrogen and oxygen atoms in total. The van der Waals surface area contributed by atoms with E-state index in [4.69, 9.17) is 20.6 Å². The summed E-state index contributed by atoms with van der Waals surface area (Å²) in [5.41, 5.74) is 6.81. The van der Waals surface area contributed by atoms with Gasteiger partial charge in [0.25, 0.3) is 5.91 Å². The molecule has 1 atom stereocenters. The lowest BCUT2D eigenvalue weighted by atomic mass is 9.99. The molecule has 0 unspecified atom stereocenters. The van der Waals surface area contributed by atoms with Crippen LogP contribution in [0.4, 0.5) is 0 Å². The lowest BCUT2D eigenvalue weighted by Crippen LogP contribution is -2.45. The van der Waals surface area contributed by atoms with Crippen LogP contribution in [0.1, 0.15) is 36.2 Å². The number of carbonyl (C=O) groups excluding carboxylic acids is 1. The van der Waals surface area contributed by atoms with Crippen molar-refractivity contribution >= 4 is 18.3 Å². The third kappa shape index (κ3) is 4.55. The van der Waals surface area contributed by atoms with E-state index in [1.807, 2.05) is 39.9 Å². The molecule has 0 bridgehead atoms. The standard InChI is InChI=1S/C22H26N6O2.ClH/c1-15(2)19-21-25-20(16-7-4-3-5-8-16)26-28(21)13-12-27(19)22(29)18-17(30-14-10-23)9-6-11-24-18;/h3-9,11,15,19H,10,12-14,23H2,1-2H3;1H/t19-;/m0./s1. The number of nitrogens with two attached hydrogens (primary N) is 1. The van der Waals surface area contributed by atoms with Crippen LogP contribution in [-0.2, 0) is 6.54 Å². The predicted octanol–water partition coefficient (Wildman–Crippen LogP) is 2.95. The molecule has 31 heavy (non-hydrogen) atoms. The van der Waals surface area contributed by atoms with Crippen molar-refractivity contribution in [2.24, 2.45) is 11.7 Å². The summed E-state index contributed by atoms with van der Waals surface area (Å²) in [6, 6.07) is 13.2. The number of ether oxygens (including phenoxy) is 1. The van der Waals surface area contributed by atoms with E-state index in [1.165, 1.54) is 0 Å². The summed E-state index contributed by atoms with van der Waals surface area (Å²) in [5, 5.41) is 4.69. The molecule has 1 amide bonds. The molecule has 4 rings (SSSR count). The maximum atomic E-state index is 13.5. The third-order valence-corrected chi connectivity index (χ3v) is 5.13. The number of rotatable bonds is 6. The molecule has 0 saturated carbocycles. The molecule has 1 aliphatic heterocycles. The van der Waals surface area contributed by atoms with E-state index in [0.29, 0.717) is 43.5 Å². The number of nitrogens with zero attached hydrogens (tertiary/aromatic N) is 5. The van der Waals surface area contributed by atoms with Crippen LogP contribution < -0.4 is 10.5 Å². The quantitative estimate of drug-likeness (QED) is 0.630. The molecule has 2 aromatic heterocycles. The Labute approximate surface area is 187 Å². The first-order valence-corrected chi connectivity index (χ1v) is 10.2. The fourth-order valence-electron chi connectivity index (χ4n) is 3.79. The highest BCUT2D eigenvalue weighted by atomic mass is 35.5. The molecule has 0 saturated heterocycles. The maximum Gasteiger partial charge on any atom is 0.277 e. The van der Waals surface area contributed by atoms with Crippen LogP contribution in [0.2, 0.25) is 0 Å². The van der Waals surface area contributed by atoms with Crippen LogP contribution >= 0.6 is 12.4 Å². The van der Waals surface area contributed by atoms with Crippen LogP contribution in [0, 0.1) is 5.92 Å². The van der Waals surface area contributed by atoms with Crippen molar-refractivity contribution in [2.45, 2.75) is 26.4 Å². The van der Waals surface area contributed by atoms with Gasteiger partial charge in [-0.1, -0.05) is 44.2 Å². The Bertz CT molecular complexity index is 1020. The van der Waals surface area contributed by atoms with E-state index in [9.17, 15) is 4.79 Å². The first-order valence-electron chi connectivity index (χ1n) is 10.2. The SMILES string of the molecule is CC(C)[C@H]1c2nc(-c3ccccc3)nn2CCN1C(=O)c1ncccc1OCCN.Cl.